The van der Waals surface area contributed by atoms with Crippen molar-refractivity contribution in [3.05, 3.63) is 48.7 Å². The number of halogens is 3. The number of alkyl halides is 3. The molecule has 0 saturated carbocycles. The molecule has 1 saturated heterocycles. The maximum absolute atomic E-state index is 12.9. The fourth-order valence-electron chi connectivity index (χ4n) is 3.23. The van der Waals surface area contributed by atoms with Crippen LogP contribution in [0.25, 0.3) is 0 Å². The van der Waals surface area contributed by atoms with Gasteiger partial charge in [0.25, 0.3) is 0 Å². The average molecular weight is 415 g/mol. The highest BCUT2D eigenvalue weighted by Gasteiger charge is 2.37. The van der Waals surface area contributed by atoms with Crippen molar-refractivity contribution in [2.45, 2.75) is 30.1 Å². The highest BCUT2D eigenvalue weighted by Crippen LogP contribution is 2.32. The van der Waals surface area contributed by atoms with Crippen LogP contribution >= 0.6 is 0 Å². The summed E-state index contributed by atoms with van der Waals surface area (Å²) in [6.07, 6.45) is -2.21. The molecule has 1 aliphatic rings. The number of anilines is 1. The van der Waals surface area contributed by atoms with E-state index in [9.17, 15) is 21.6 Å². The third-order valence-corrected chi connectivity index (χ3v) is 6.61. The van der Waals surface area contributed by atoms with Gasteiger partial charge in [0.15, 0.2) is 0 Å². The van der Waals surface area contributed by atoms with E-state index in [1.807, 2.05) is 30.1 Å². The van der Waals surface area contributed by atoms with E-state index in [1.165, 1.54) is 16.4 Å². The minimum absolute atomic E-state index is 0.0861. The molecule has 0 bridgehead atoms. The molecule has 28 heavy (non-hydrogen) atoms. The summed E-state index contributed by atoms with van der Waals surface area (Å²) in [4.78, 5) is 5.79. The predicted octanol–water partition coefficient (Wildman–Crippen LogP) is 3.27. The van der Waals surface area contributed by atoms with Gasteiger partial charge in [0, 0.05) is 32.4 Å². The quantitative estimate of drug-likeness (QED) is 0.750. The lowest BCUT2D eigenvalue weighted by Crippen LogP contribution is -2.45. The van der Waals surface area contributed by atoms with Crippen molar-refractivity contribution in [2.24, 2.45) is 0 Å². The van der Waals surface area contributed by atoms with Gasteiger partial charge in [0.2, 0.25) is 10.0 Å². The molecular formula is C18H20F3N3O3S. The number of aromatic nitrogens is 1. The molecule has 1 fully saturated rings. The Morgan fingerprint density at radius 3 is 2.36 bits per heavy atom. The van der Waals surface area contributed by atoms with E-state index in [4.69, 9.17) is 0 Å². The van der Waals surface area contributed by atoms with Crippen molar-refractivity contribution in [1.29, 1.82) is 0 Å². The molecule has 1 aliphatic heterocycles. The number of sulfonamides is 1. The van der Waals surface area contributed by atoms with Gasteiger partial charge in [-0.25, -0.2) is 13.4 Å². The molecule has 0 N–H and O–H groups in total. The van der Waals surface area contributed by atoms with Crippen LogP contribution in [0.5, 0.6) is 5.75 Å². The topological polar surface area (TPSA) is 62.7 Å². The first-order valence-electron chi connectivity index (χ1n) is 8.67. The van der Waals surface area contributed by atoms with Gasteiger partial charge in [0.1, 0.15) is 16.5 Å². The highest BCUT2D eigenvalue weighted by atomic mass is 32.2. The second-order valence-electron chi connectivity index (χ2n) is 6.43. The highest BCUT2D eigenvalue weighted by molar-refractivity contribution is 7.89. The SMILES string of the molecule is CN(c1ccccn1)C1CCN(S(=O)(=O)c2ccccc2OC(F)(F)F)CC1. The normalized spacial score (nSPS) is 16.7. The molecule has 0 unspecified atom stereocenters. The van der Waals surface area contributed by atoms with Crippen molar-refractivity contribution in [2.75, 3.05) is 25.0 Å². The van der Waals surface area contributed by atoms with E-state index in [1.54, 1.807) is 6.20 Å². The Labute approximate surface area is 161 Å². The number of pyridine rings is 1. The summed E-state index contributed by atoms with van der Waals surface area (Å²) < 4.78 is 68.7. The maximum Gasteiger partial charge on any atom is 0.573 e. The summed E-state index contributed by atoms with van der Waals surface area (Å²) in [5.74, 6) is 0.0652. The van der Waals surface area contributed by atoms with Gasteiger partial charge in [-0.05, 0) is 37.1 Å². The van der Waals surface area contributed by atoms with E-state index in [-0.39, 0.29) is 19.1 Å². The molecule has 0 aliphatic carbocycles. The van der Waals surface area contributed by atoms with Crippen LogP contribution in [0.2, 0.25) is 0 Å². The van der Waals surface area contributed by atoms with Gasteiger partial charge >= 0.3 is 6.36 Å². The van der Waals surface area contributed by atoms with Crippen molar-refractivity contribution in [3.63, 3.8) is 0 Å². The summed E-state index contributed by atoms with van der Waals surface area (Å²) in [5.41, 5.74) is 0. The number of piperidine rings is 1. The molecule has 0 atom stereocenters. The fraction of sp³-hybridized carbons (Fsp3) is 0.389. The molecule has 0 spiro atoms. The van der Waals surface area contributed by atoms with Crippen LogP contribution in [-0.2, 0) is 10.0 Å². The number of rotatable bonds is 5. The Morgan fingerprint density at radius 1 is 1.11 bits per heavy atom. The van der Waals surface area contributed by atoms with Crippen molar-refractivity contribution in [3.8, 4) is 5.75 Å². The molecule has 3 rings (SSSR count). The summed E-state index contributed by atoms with van der Waals surface area (Å²) in [6.45, 7) is 0.398. The molecular weight excluding hydrogens is 395 g/mol. The smallest absolute Gasteiger partial charge is 0.404 e. The number of ether oxygens (including phenoxy) is 1. The van der Waals surface area contributed by atoms with Crippen LogP contribution in [0.4, 0.5) is 19.0 Å². The lowest BCUT2D eigenvalue weighted by Gasteiger charge is -2.36. The number of hydrogen-bond donors (Lipinski definition) is 0. The molecule has 152 valence electrons. The molecule has 10 heteroatoms. The molecule has 2 heterocycles. The van der Waals surface area contributed by atoms with Gasteiger partial charge in [-0.1, -0.05) is 18.2 Å². The first kappa shape index (κ1) is 20.4. The molecule has 0 amide bonds. The fourth-order valence-corrected chi connectivity index (χ4v) is 4.81. The molecule has 6 nitrogen and oxygen atoms in total. The van der Waals surface area contributed by atoms with Crippen LogP contribution in [0.15, 0.2) is 53.6 Å². The Bertz CT molecular complexity index is 899. The second-order valence-corrected chi connectivity index (χ2v) is 8.33. The van der Waals surface area contributed by atoms with Gasteiger partial charge in [-0.2, -0.15) is 4.31 Å². The summed E-state index contributed by atoms with van der Waals surface area (Å²) in [5, 5.41) is 0. The number of benzene rings is 1. The Morgan fingerprint density at radius 2 is 1.75 bits per heavy atom. The zero-order valence-electron chi connectivity index (χ0n) is 15.1. The second kappa shape index (κ2) is 7.96. The van der Waals surface area contributed by atoms with Crippen molar-refractivity contribution in [1.82, 2.24) is 9.29 Å². The monoisotopic (exact) mass is 415 g/mol. The van der Waals surface area contributed by atoms with Crippen molar-refractivity contribution >= 4 is 15.8 Å². The Kier molecular flexibility index (Phi) is 5.80. The van der Waals surface area contributed by atoms with Gasteiger partial charge in [0.05, 0.1) is 0 Å². The first-order chi connectivity index (χ1) is 13.2. The van der Waals surface area contributed by atoms with Crippen LogP contribution in [-0.4, -0.2) is 50.2 Å². The molecule has 1 aromatic carbocycles. The van der Waals surface area contributed by atoms with Crippen LogP contribution in [0.1, 0.15) is 12.8 Å². The largest absolute Gasteiger partial charge is 0.573 e. The minimum Gasteiger partial charge on any atom is -0.404 e. The summed E-state index contributed by atoms with van der Waals surface area (Å²) in [6, 6.07) is 10.4. The van der Waals surface area contributed by atoms with Gasteiger partial charge in [-0.3, -0.25) is 0 Å². The van der Waals surface area contributed by atoms with Crippen LogP contribution < -0.4 is 9.64 Å². The number of hydrogen-bond acceptors (Lipinski definition) is 5. The Hall–Kier alpha value is -2.33. The van der Waals surface area contributed by atoms with E-state index in [0.717, 1.165) is 18.0 Å². The third kappa shape index (κ3) is 4.56. The van der Waals surface area contributed by atoms with Crippen LogP contribution in [0.3, 0.4) is 0 Å². The van der Waals surface area contributed by atoms with Gasteiger partial charge in [-0.15, -0.1) is 13.2 Å². The number of para-hydroxylation sites is 1. The lowest BCUT2D eigenvalue weighted by molar-refractivity contribution is -0.275. The average Bonchev–Trinajstić information content (AvgIpc) is 2.67. The standard InChI is InChI=1S/C18H20F3N3O3S/c1-23(17-8-4-5-11-22-17)14-9-12-24(13-10-14)28(25,26)16-7-3-2-6-15(16)27-18(19,20)21/h2-8,11,14H,9-10,12-13H2,1H3. The third-order valence-electron chi connectivity index (χ3n) is 4.67. The molecule has 2 aromatic rings. The summed E-state index contributed by atoms with van der Waals surface area (Å²) >= 11 is 0. The zero-order chi connectivity index (χ0) is 20.4. The minimum atomic E-state index is -4.97. The molecule has 1 aromatic heterocycles. The zero-order valence-corrected chi connectivity index (χ0v) is 15.9. The van der Waals surface area contributed by atoms with Gasteiger partial charge < -0.3 is 9.64 Å². The summed E-state index contributed by atoms with van der Waals surface area (Å²) in [7, 11) is -2.21. The predicted molar refractivity (Wildman–Crippen MR) is 97.5 cm³/mol. The Balaban J connectivity index is 1.74. The van der Waals surface area contributed by atoms with Crippen LogP contribution in [0, 0.1) is 0 Å². The lowest BCUT2D eigenvalue weighted by atomic mass is 10.1. The first-order valence-corrected chi connectivity index (χ1v) is 10.1. The van der Waals surface area contributed by atoms with E-state index >= 15 is 0 Å². The van der Waals surface area contributed by atoms with E-state index in [0.29, 0.717) is 12.8 Å². The van der Waals surface area contributed by atoms with E-state index < -0.39 is 27.0 Å². The number of nitrogens with zero attached hydrogens (tertiary/aromatic N) is 3. The van der Waals surface area contributed by atoms with Crippen molar-refractivity contribution < 1.29 is 26.3 Å². The molecule has 0 radical (unpaired) electrons. The maximum atomic E-state index is 12.9. The van der Waals surface area contributed by atoms with E-state index in [2.05, 4.69) is 9.72 Å².